The van der Waals surface area contributed by atoms with E-state index in [1.807, 2.05) is 0 Å². The Balaban J connectivity index is 2.11. The van der Waals surface area contributed by atoms with Crippen LogP contribution in [0.2, 0.25) is 0 Å². The van der Waals surface area contributed by atoms with Crippen LogP contribution in [0, 0.1) is 0 Å². The highest BCUT2D eigenvalue weighted by Crippen LogP contribution is 2.23. The standard InChI is InChI=1S/C15H15N3O3/c1-17-14(19)10-3-2-4-13(9-10)21-12-7-5-11(6-8-12)18-15(16)20/h2-9H,1H3,(H,17,19)(H3,16,18,20). The number of anilines is 1. The molecule has 6 heteroatoms. The van der Waals surface area contributed by atoms with E-state index in [4.69, 9.17) is 10.5 Å². The van der Waals surface area contributed by atoms with E-state index >= 15 is 0 Å². The second-order valence-corrected chi connectivity index (χ2v) is 4.22. The highest BCUT2D eigenvalue weighted by molar-refractivity contribution is 5.94. The first kappa shape index (κ1) is 14.4. The molecule has 4 N–H and O–H groups in total. The van der Waals surface area contributed by atoms with Crippen LogP contribution >= 0.6 is 0 Å². The van der Waals surface area contributed by atoms with Gasteiger partial charge in [0.1, 0.15) is 11.5 Å². The van der Waals surface area contributed by atoms with E-state index in [0.29, 0.717) is 22.7 Å². The van der Waals surface area contributed by atoms with Crippen LogP contribution in [0.3, 0.4) is 0 Å². The molecule has 0 saturated heterocycles. The molecule has 21 heavy (non-hydrogen) atoms. The third-order valence-electron chi connectivity index (χ3n) is 2.68. The summed E-state index contributed by atoms with van der Waals surface area (Å²) in [7, 11) is 1.57. The summed E-state index contributed by atoms with van der Waals surface area (Å²) < 4.78 is 5.65. The summed E-state index contributed by atoms with van der Waals surface area (Å²) >= 11 is 0. The summed E-state index contributed by atoms with van der Waals surface area (Å²) in [5, 5.41) is 5.01. The maximum Gasteiger partial charge on any atom is 0.316 e. The predicted octanol–water partition coefficient (Wildman–Crippen LogP) is 2.33. The molecule has 0 heterocycles. The fourth-order valence-corrected chi connectivity index (χ4v) is 1.73. The first-order valence-electron chi connectivity index (χ1n) is 6.25. The minimum atomic E-state index is -0.623. The monoisotopic (exact) mass is 285 g/mol. The van der Waals surface area contributed by atoms with E-state index in [1.54, 1.807) is 55.6 Å². The lowest BCUT2D eigenvalue weighted by Crippen LogP contribution is -2.19. The molecule has 0 spiro atoms. The van der Waals surface area contributed by atoms with Gasteiger partial charge in [0.15, 0.2) is 0 Å². The summed E-state index contributed by atoms with van der Waals surface area (Å²) in [6.45, 7) is 0. The molecule has 2 rings (SSSR count). The largest absolute Gasteiger partial charge is 0.457 e. The number of hydrogen-bond donors (Lipinski definition) is 3. The van der Waals surface area contributed by atoms with Gasteiger partial charge in [0, 0.05) is 18.3 Å². The quantitative estimate of drug-likeness (QED) is 0.804. The zero-order valence-electron chi connectivity index (χ0n) is 11.4. The van der Waals surface area contributed by atoms with E-state index in [9.17, 15) is 9.59 Å². The van der Waals surface area contributed by atoms with Crippen LogP contribution in [0.15, 0.2) is 48.5 Å². The lowest BCUT2D eigenvalue weighted by Gasteiger charge is -2.08. The molecule has 6 nitrogen and oxygen atoms in total. The fraction of sp³-hybridized carbons (Fsp3) is 0.0667. The van der Waals surface area contributed by atoms with Gasteiger partial charge in [-0.15, -0.1) is 0 Å². The van der Waals surface area contributed by atoms with Gasteiger partial charge >= 0.3 is 6.03 Å². The molecule has 0 radical (unpaired) electrons. The van der Waals surface area contributed by atoms with Crippen molar-refractivity contribution in [1.82, 2.24) is 5.32 Å². The van der Waals surface area contributed by atoms with Crippen LogP contribution in [0.5, 0.6) is 11.5 Å². The van der Waals surface area contributed by atoms with Gasteiger partial charge in [0.2, 0.25) is 0 Å². The number of primary amides is 1. The summed E-state index contributed by atoms with van der Waals surface area (Å²) in [5.74, 6) is 0.951. The molecule has 108 valence electrons. The molecule has 0 saturated carbocycles. The molecule has 0 aliphatic carbocycles. The van der Waals surface area contributed by atoms with Crippen molar-refractivity contribution in [2.75, 3.05) is 12.4 Å². The number of amides is 3. The summed E-state index contributed by atoms with van der Waals surface area (Å²) in [6, 6.07) is 12.9. The summed E-state index contributed by atoms with van der Waals surface area (Å²) in [5.41, 5.74) is 6.12. The first-order chi connectivity index (χ1) is 10.1. The molecule has 0 unspecified atom stereocenters. The SMILES string of the molecule is CNC(=O)c1cccc(Oc2ccc(NC(N)=O)cc2)c1. The lowest BCUT2D eigenvalue weighted by atomic mass is 10.2. The number of hydrogen-bond acceptors (Lipinski definition) is 3. The van der Waals surface area contributed by atoms with E-state index in [-0.39, 0.29) is 5.91 Å². The number of carbonyl (C=O) groups is 2. The molecule has 2 aromatic rings. The van der Waals surface area contributed by atoms with Crippen LogP contribution in [0.1, 0.15) is 10.4 Å². The topological polar surface area (TPSA) is 93.4 Å². The maximum atomic E-state index is 11.5. The second kappa shape index (κ2) is 6.42. The number of nitrogens with one attached hydrogen (secondary N) is 2. The molecule has 3 amide bonds. The summed E-state index contributed by atoms with van der Waals surface area (Å²) in [4.78, 5) is 22.3. The van der Waals surface area contributed by atoms with E-state index < -0.39 is 6.03 Å². The van der Waals surface area contributed by atoms with E-state index in [0.717, 1.165) is 0 Å². The van der Waals surface area contributed by atoms with Crippen molar-refractivity contribution in [2.45, 2.75) is 0 Å². The minimum Gasteiger partial charge on any atom is -0.457 e. The van der Waals surface area contributed by atoms with Crippen LogP contribution in [-0.4, -0.2) is 19.0 Å². The van der Waals surface area contributed by atoms with Crippen molar-refractivity contribution in [3.05, 3.63) is 54.1 Å². The average Bonchev–Trinajstić information content (AvgIpc) is 2.48. The Hall–Kier alpha value is -3.02. The molecular formula is C15H15N3O3. The Morgan fingerprint density at radius 2 is 1.76 bits per heavy atom. The molecule has 2 aromatic carbocycles. The van der Waals surface area contributed by atoms with Gasteiger partial charge in [-0.25, -0.2) is 4.79 Å². The molecule has 0 aliphatic rings. The normalized spacial score (nSPS) is 9.76. The Morgan fingerprint density at radius 3 is 2.38 bits per heavy atom. The zero-order chi connectivity index (χ0) is 15.2. The van der Waals surface area contributed by atoms with Gasteiger partial charge in [0.25, 0.3) is 5.91 Å². The van der Waals surface area contributed by atoms with Crippen molar-refractivity contribution >= 4 is 17.6 Å². The van der Waals surface area contributed by atoms with Crippen molar-refractivity contribution in [2.24, 2.45) is 5.73 Å². The van der Waals surface area contributed by atoms with Gasteiger partial charge in [-0.2, -0.15) is 0 Å². The molecule has 0 aliphatic heterocycles. The highest BCUT2D eigenvalue weighted by Gasteiger charge is 2.05. The molecular weight excluding hydrogens is 270 g/mol. The van der Waals surface area contributed by atoms with Gasteiger partial charge in [-0.05, 0) is 42.5 Å². The number of ether oxygens (including phenoxy) is 1. The van der Waals surface area contributed by atoms with Crippen LogP contribution in [0.4, 0.5) is 10.5 Å². The first-order valence-corrected chi connectivity index (χ1v) is 6.25. The number of nitrogens with two attached hydrogens (primary N) is 1. The van der Waals surface area contributed by atoms with Crippen LogP contribution in [0.25, 0.3) is 0 Å². The molecule has 0 bridgehead atoms. The molecule has 0 fully saturated rings. The van der Waals surface area contributed by atoms with Crippen LogP contribution in [-0.2, 0) is 0 Å². The predicted molar refractivity (Wildman–Crippen MR) is 79.6 cm³/mol. The van der Waals surface area contributed by atoms with Crippen molar-refractivity contribution in [3.8, 4) is 11.5 Å². The third-order valence-corrected chi connectivity index (χ3v) is 2.68. The number of rotatable bonds is 4. The summed E-state index contributed by atoms with van der Waals surface area (Å²) in [6.07, 6.45) is 0. The number of benzene rings is 2. The van der Waals surface area contributed by atoms with Gasteiger partial charge in [-0.3, -0.25) is 4.79 Å². The van der Waals surface area contributed by atoms with E-state index in [1.165, 1.54) is 0 Å². The smallest absolute Gasteiger partial charge is 0.316 e. The maximum absolute atomic E-state index is 11.5. The third kappa shape index (κ3) is 3.97. The van der Waals surface area contributed by atoms with E-state index in [2.05, 4.69) is 10.6 Å². The molecule has 0 atom stereocenters. The van der Waals surface area contributed by atoms with Crippen molar-refractivity contribution in [1.29, 1.82) is 0 Å². The zero-order valence-corrected chi connectivity index (χ0v) is 11.4. The number of carbonyl (C=O) groups excluding carboxylic acids is 2. The second-order valence-electron chi connectivity index (χ2n) is 4.22. The fourth-order valence-electron chi connectivity index (χ4n) is 1.73. The van der Waals surface area contributed by atoms with Gasteiger partial charge in [-0.1, -0.05) is 6.07 Å². The van der Waals surface area contributed by atoms with Crippen molar-refractivity contribution < 1.29 is 14.3 Å². The lowest BCUT2D eigenvalue weighted by molar-refractivity contribution is 0.0962. The van der Waals surface area contributed by atoms with Gasteiger partial charge in [0.05, 0.1) is 0 Å². The minimum absolute atomic E-state index is 0.179. The Bertz CT molecular complexity index is 653. The van der Waals surface area contributed by atoms with Gasteiger partial charge < -0.3 is 21.1 Å². The Kier molecular flexibility index (Phi) is 4.40. The Labute approximate surface area is 121 Å². The van der Waals surface area contributed by atoms with Crippen molar-refractivity contribution in [3.63, 3.8) is 0 Å². The molecule has 0 aromatic heterocycles. The van der Waals surface area contributed by atoms with Crippen LogP contribution < -0.4 is 21.1 Å². The average molecular weight is 285 g/mol. The number of urea groups is 1. The highest BCUT2D eigenvalue weighted by atomic mass is 16.5. The Morgan fingerprint density at radius 1 is 1.05 bits per heavy atom.